The zero-order chi connectivity index (χ0) is 14.4. The molecular weight excluding hydrogens is 256 g/mol. The van der Waals surface area contributed by atoms with Gasteiger partial charge in [-0.05, 0) is 24.1 Å². The third-order valence-electron chi connectivity index (χ3n) is 2.93. The summed E-state index contributed by atoms with van der Waals surface area (Å²) in [5.74, 6) is 1.36. The summed E-state index contributed by atoms with van der Waals surface area (Å²) in [7, 11) is 1.58. The van der Waals surface area contributed by atoms with Crippen LogP contribution in [0.5, 0.6) is 5.75 Å². The molecule has 1 aliphatic heterocycles. The summed E-state index contributed by atoms with van der Waals surface area (Å²) in [4.78, 5) is 15.5. The number of hydrogen-bond donors (Lipinski definition) is 3. The molecule has 0 fully saturated rings. The highest BCUT2D eigenvalue weighted by atomic mass is 16.5. The number of methoxy groups -OCH3 is 1. The van der Waals surface area contributed by atoms with E-state index in [9.17, 15) is 4.79 Å². The molecule has 0 aromatic heterocycles. The van der Waals surface area contributed by atoms with Crippen molar-refractivity contribution < 1.29 is 9.53 Å². The van der Waals surface area contributed by atoms with Crippen molar-refractivity contribution in [1.29, 1.82) is 0 Å². The fourth-order valence-electron chi connectivity index (χ4n) is 1.99. The predicted molar refractivity (Wildman–Crippen MR) is 79.1 cm³/mol. The Hall–Kier alpha value is -2.24. The normalized spacial score (nSPS) is 14.0. The number of carbonyl (C=O) groups excluding carboxylic acids is 1. The molecule has 1 aromatic rings. The topological polar surface area (TPSA) is 74.8 Å². The van der Waals surface area contributed by atoms with Crippen molar-refractivity contribution in [2.45, 2.75) is 19.9 Å². The fourth-order valence-corrected chi connectivity index (χ4v) is 1.99. The largest absolute Gasteiger partial charge is 0.495 e. The summed E-state index contributed by atoms with van der Waals surface area (Å²) in [6, 6.07) is 5.70. The Balaban J connectivity index is 2.04. The molecule has 0 atom stereocenters. The van der Waals surface area contributed by atoms with Crippen molar-refractivity contribution in [2.24, 2.45) is 4.99 Å². The standard InChI is InChI=1S/C14H20N4O2/c1-10(19)18-12-8-11(4-5-13(12)20-2)9-17-14-15-6-3-7-16-14/h4-5,8H,3,6-7,9H2,1-2H3,(H,18,19)(H2,15,16,17). The van der Waals surface area contributed by atoms with E-state index < -0.39 is 0 Å². The van der Waals surface area contributed by atoms with E-state index in [-0.39, 0.29) is 5.91 Å². The first kappa shape index (κ1) is 14.2. The number of carbonyl (C=O) groups is 1. The molecule has 0 aliphatic carbocycles. The molecule has 0 spiro atoms. The van der Waals surface area contributed by atoms with Gasteiger partial charge in [0.25, 0.3) is 0 Å². The van der Waals surface area contributed by atoms with Crippen molar-refractivity contribution in [2.75, 3.05) is 25.5 Å². The van der Waals surface area contributed by atoms with Crippen LogP contribution in [0, 0.1) is 0 Å². The van der Waals surface area contributed by atoms with E-state index in [0.29, 0.717) is 18.0 Å². The van der Waals surface area contributed by atoms with E-state index in [4.69, 9.17) is 4.74 Å². The SMILES string of the molecule is COc1ccc(CNC2=NCCCN2)cc1NC(C)=O. The zero-order valence-electron chi connectivity index (χ0n) is 11.8. The molecule has 2 rings (SSSR count). The third-order valence-corrected chi connectivity index (χ3v) is 2.93. The second kappa shape index (κ2) is 6.79. The molecule has 108 valence electrons. The predicted octanol–water partition coefficient (Wildman–Crippen LogP) is 1.09. The first-order chi connectivity index (χ1) is 9.69. The molecule has 0 unspecified atom stereocenters. The molecule has 1 amide bonds. The van der Waals surface area contributed by atoms with Gasteiger partial charge in [-0.25, -0.2) is 0 Å². The van der Waals surface area contributed by atoms with Crippen molar-refractivity contribution >= 4 is 17.6 Å². The molecule has 0 radical (unpaired) electrons. The van der Waals surface area contributed by atoms with Crippen molar-refractivity contribution in [1.82, 2.24) is 10.6 Å². The zero-order valence-corrected chi connectivity index (χ0v) is 11.8. The number of rotatable bonds is 4. The minimum atomic E-state index is -0.119. The van der Waals surface area contributed by atoms with Crippen LogP contribution in [0.1, 0.15) is 18.9 Å². The molecule has 1 heterocycles. The Morgan fingerprint density at radius 3 is 3.00 bits per heavy atom. The maximum Gasteiger partial charge on any atom is 0.221 e. The van der Waals surface area contributed by atoms with Crippen LogP contribution in [0.3, 0.4) is 0 Å². The Morgan fingerprint density at radius 1 is 1.50 bits per heavy atom. The van der Waals surface area contributed by atoms with Crippen LogP contribution < -0.4 is 20.7 Å². The molecule has 0 bridgehead atoms. The molecule has 1 aliphatic rings. The van der Waals surface area contributed by atoms with Gasteiger partial charge in [0.05, 0.1) is 12.8 Å². The van der Waals surface area contributed by atoms with E-state index >= 15 is 0 Å². The highest BCUT2D eigenvalue weighted by Gasteiger charge is 2.07. The fraction of sp³-hybridized carbons (Fsp3) is 0.429. The van der Waals surface area contributed by atoms with Crippen LogP contribution in [0.4, 0.5) is 5.69 Å². The van der Waals surface area contributed by atoms with Crippen LogP contribution in [0.2, 0.25) is 0 Å². The van der Waals surface area contributed by atoms with E-state index in [1.165, 1.54) is 6.92 Å². The maximum absolute atomic E-state index is 11.2. The van der Waals surface area contributed by atoms with Gasteiger partial charge in [0.15, 0.2) is 5.96 Å². The monoisotopic (exact) mass is 276 g/mol. The maximum atomic E-state index is 11.2. The Bertz CT molecular complexity index is 514. The smallest absolute Gasteiger partial charge is 0.221 e. The van der Waals surface area contributed by atoms with Gasteiger partial charge < -0.3 is 20.7 Å². The lowest BCUT2D eigenvalue weighted by Crippen LogP contribution is -2.40. The van der Waals surface area contributed by atoms with Crippen LogP contribution in [0.25, 0.3) is 0 Å². The van der Waals surface area contributed by atoms with Gasteiger partial charge in [-0.1, -0.05) is 6.07 Å². The minimum Gasteiger partial charge on any atom is -0.495 e. The Labute approximate surface area is 118 Å². The van der Waals surface area contributed by atoms with E-state index in [0.717, 1.165) is 31.0 Å². The van der Waals surface area contributed by atoms with Gasteiger partial charge in [0.1, 0.15) is 5.75 Å². The second-order valence-corrected chi connectivity index (χ2v) is 4.58. The molecule has 0 saturated heterocycles. The molecule has 0 saturated carbocycles. The average molecular weight is 276 g/mol. The second-order valence-electron chi connectivity index (χ2n) is 4.58. The number of nitrogens with one attached hydrogen (secondary N) is 3. The number of benzene rings is 1. The summed E-state index contributed by atoms with van der Waals surface area (Å²) < 4.78 is 5.22. The molecule has 3 N–H and O–H groups in total. The van der Waals surface area contributed by atoms with E-state index in [2.05, 4.69) is 20.9 Å². The van der Waals surface area contributed by atoms with Crippen LogP contribution >= 0.6 is 0 Å². The lowest BCUT2D eigenvalue weighted by atomic mass is 10.2. The van der Waals surface area contributed by atoms with Gasteiger partial charge in [0, 0.05) is 26.6 Å². The number of amides is 1. The lowest BCUT2D eigenvalue weighted by Gasteiger charge is -2.16. The van der Waals surface area contributed by atoms with Crippen molar-refractivity contribution in [3.63, 3.8) is 0 Å². The summed E-state index contributed by atoms with van der Waals surface area (Å²) in [6.07, 6.45) is 1.07. The first-order valence-corrected chi connectivity index (χ1v) is 6.66. The van der Waals surface area contributed by atoms with Crippen LogP contribution in [-0.4, -0.2) is 32.1 Å². The first-order valence-electron chi connectivity index (χ1n) is 6.66. The third kappa shape index (κ3) is 3.88. The van der Waals surface area contributed by atoms with Crippen LogP contribution in [0.15, 0.2) is 23.2 Å². The molecule has 6 heteroatoms. The number of guanidine groups is 1. The van der Waals surface area contributed by atoms with Gasteiger partial charge in [-0.15, -0.1) is 0 Å². The summed E-state index contributed by atoms with van der Waals surface area (Å²) in [5.41, 5.74) is 1.72. The molecule has 20 heavy (non-hydrogen) atoms. The van der Waals surface area contributed by atoms with Gasteiger partial charge >= 0.3 is 0 Å². The van der Waals surface area contributed by atoms with E-state index in [1.54, 1.807) is 7.11 Å². The van der Waals surface area contributed by atoms with E-state index in [1.807, 2.05) is 18.2 Å². The minimum absolute atomic E-state index is 0.119. The molecule has 1 aromatic carbocycles. The number of aliphatic imine (C=N–C) groups is 1. The number of nitrogens with zero attached hydrogens (tertiary/aromatic N) is 1. The van der Waals surface area contributed by atoms with Crippen LogP contribution in [-0.2, 0) is 11.3 Å². The number of hydrogen-bond acceptors (Lipinski definition) is 5. The van der Waals surface area contributed by atoms with Crippen molar-refractivity contribution in [3.8, 4) is 5.75 Å². The van der Waals surface area contributed by atoms with Gasteiger partial charge in [-0.2, -0.15) is 0 Å². The van der Waals surface area contributed by atoms with Crippen molar-refractivity contribution in [3.05, 3.63) is 23.8 Å². The summed E-state index contributed by atoms with van der Waals surface area (Å²) in [5, 5.41) is 9.21. The highest BCUT2D eigenvalue weighted by Crippen LogP contribution is 2.25. The Kier molecular flexibility index (Phi) is 4.81. The lowest BCUT2D eigenvalue weighted by molar-refractivity contribution is -0.114. The average Bonchev–Trinajstić information content (AvgIpc) is 2.46. The number of ether oxygens (including phenoxy) is 1. The molecular formula is C14H20N4O2. The summed E-state index contributed by atoms with van der Waals surface area (Å²) in [6.45, 7) is 3.92. The van der Waals surface area contributed by atoms with Gasteiger partial charge in [0.2, 0.25) is 5.91 Å². The number of anilines is 1. The quantitative estimate of drug-likeness (QED) is 0.769. The van der Waals surface area contributed by atoms with Gasteiger partial charge in [-0.3, -0.25) is 9.79 Å². The Morgan fingerprint density at radius 2 is 2.35 bits per heavy atom. The molecule has 6 nitrogen and oxygen atoms in total. The summed E-state index contributed by atoms with van der Waals surface area (Å²) >= 11 is 0. The highest BCUT2D eigenvalue weighted by molar-refractivity contribution is 5.90.